The minimum Gasteiger partial charge on any atom is -0.496 e. The van der Waals surface area contributed by atoms with Gasteiger partial charge in [0, 0.05) is 28.6 Å². The van der Waals surface area contributed by atoms with Gasteiger partial charge in [-0.15, -0.1) is 11.3 Å². The predicted molar refractivity (Wildman–Crippen MR) is 78.9 cm³/mol. The number of rotatable bonds is 7. The van der Waals surface area contributed by atoms with Crippen LogP contribution in [-0.2, 0) is 6.54 Å². The fourth-order valence-electron chi connectivity index (χ4n) is 1.97. The number of thiophene rings is 1. The van der Waals surface area contributed by atoms with Gasteiger partial charge < -0.3 is 10.1 Å². The lowest BCUT2D eigenvalue weighted by Crippen LogP contribution is -2.22. The van der Waals surface area contributed by atoms with Crippen LogP contribution in [0.1, 0.15) is 36.8 Å². The molecule has 5 heteroatoms. The van der Waals surface area contributed by atoms with E-state index in [-0.39, 0.29) is 6.04 Å². The van der Waals surface area contributed by atoms with Gasteiger partial charge in [0.05, 0.1) is 19.3 Å². The fourth-order valence-corrected chi connectivity index (χ4v) is 2.92. The third-order valence-corrected chi connectivity index (χ3v) is 4.00. The van der Waals surface area contributed by atoms with Gasteiger partial charge in [0.25, 0.3) is 0 Å². The first-order chi connectivity index (χ1) is 9.28. The molecule has 1 N–H and O–H groups in total. The molecule has 1 unspecified atom stereocenters. The van der Waals surface area contributed by atoms with Crippen LogP contribution in [0.4, 0.5) is 0 Å². The molecule has 0 bridgehead atoms. The van der Waals surface area contributed by atoms with E-state index in [2.05, 4.69) is 36.5 Å². The van der Waals surface area contributed by atoms with E-state index in [1.165, 1.54) is 10.4 Å². The molecule has 2 heterocycles. The van der Waals surface area contributed by atoms with E-state index in [0.717, 1.165) is 25.3 Å². The van der Waals surface area contributed by atoms with Gasteiger partial charge in [-0.2, -0.15) is 5.10 Å². The first-order valence-corrected chi connectivity index (χ1v) is 7.54. The van der Waals surface area contributed by atoms with Crippen molar-refractivity contribution in [2.24, 2.45) is 0 Å². The quantitative estimate of drug-likeness (QED) is 0.846. The lowest BCUT2D eigenvalue weighted by molar-refractivity contribution is 0.416. The van der Waals surface area contributed by atoms with Gasteiger partial charge in [-0.3, -0.25) is 4.68 Å². The minimum absolute atomic E-state index is 0.203. The number of ether oxygens (including phenoxy) is 1. The van der Waals surface area contributed by atoms with E-state index >= 15 is 0 Å². The zero-order valence-corrected chi connectivity index (χ0v) is 12.5. The van der Waals surface area contributed by atoms with Crippen LogP contribution in [0.5, 0.6) is 5.75 Å². The molecule has 4 nitrogen and oxygen atoms in total. The van der Waals surface area contributed by atoms with Gasteiger partial charge in [0.1, 0.15) is 5.75 Å². The lowest BCUT2D eigenvalue weighted by atomic mass is 10.1. The van der Waals surface area contributed by atoms with E-state index in [1.54, 1.807) is 18.4 Å². The summed E-state index contributed by atoms with van der Waals surface area (Å²) in [5.74, 6) is 0.922. The van der Waals surface area contributed by atoms with Gasteiger partial charge in [0.2, 0.25) is 0 Å². The van der Waals surface area contributed by atoms with Crippen LogP contribution in [0.2, 0.25) is 0 Å². The third kappa shape index (κ3) is 3.36. The Morgan fingerprint density at radius 3 is 2.89 bits per heavy atom. The number of hydrogen-bond acceptors (Lipinski definition) is 4. The van der Waals surface area contributed by atoms with E-state index in [1.807, 2.05) is 16.3 Å². The summed E-state index contributed by atoms with van der Waals surface area (Å²) in [6.45, 7) is 6.16. The second-order valence-electron chi connectivity index (χ2n) is 4.41. The average Bonchev–Trinajstić information content (AvgIpc) is 3.08. The molecule has 0 saturated heterocycles. The van der Waals surface area contributed by atoms with Crippen LogP contribution >= 0.6 is 11.3 Å². The number of methoxy groups -OCH3 is 1. The first-order valence-electron chi connectivity index (χ1n) is 6.66. The summed E-state index contributed by atoms with van der Waals surface area (Å²) in [5, 5.41) is 9.99. The van der Waals surface area contributed by atoms with Crippen LogP contribution < -0.4 is 10.1 Å². The fraction of sp³-hybridized carbons (Fsp3) is 0.500. The SMILES string of the molecule is CCCNC(c1cnn(CC)c1)c1cc(OC)cs1. The smallest absolute Gasteiger partial charge is 0.129 e. The molecule has 2 aromatic rings. The van der Waals surface area contributed by atoms with E-state index in [4.69, 9.17) is 4.74 Å². The molecule has 19 heavy (non-hydrogen) atoms. The Morgan fingerprint density at radius 2 is 2.32 bits per heavy atom. The van der Waals surface area contributed by atoms with Gasteiger partial charge in [0.15, 0.2) is 0 Å². The summed E-state index contributed by atoms with van der Waals surface area (Å²) < 4.78 is 7.23. The minimum atomic E-state index is 0.203. The molecule has 104 valence electrons. The Balaban J connectivity index is 2.23. The maximum Gasteiger partial charge on any atom is 0.129 e. The number of aromatic nitrogens is 2. The molecule has 1 atom stereocenters. The molecule has 0 aliphatic rings. The van der Waals surface area contributed by atoms with Crippen LogP contribution in [0.3, 0.4) is 0 Å². The van der Waals surface area contributed by atoms with Gasteiger partial charge in [-0.25, -0.2) is 0 Å². The normalized spacial score (nSPS) is 12.6. The summed E-state index contributed by atoms with van der Waals surface area (Å²) in [6, 6.07) is 2.30. The zero-order valence-electron chi connectivity index (χ0n) is 11.7. The highest BCUT2D eigenvalue weighted by atomic mass is 32.1. The van der Waals surface area contributed by atoms with Crippen molar-refractivity contribution in [1.29, 1.82) is 0 Å². The Labute approximate surface area is 118 Å². The average molecular weight is 279 g/mol. The van der Waals surface area contributed by atoms with Crippen LogP contribution in [0, 0.1) is 0 Å². The second kappa shape index (κ2) is 6.73. The number of nitrogens with one attached hydrogen (secondary N) is 1. The molecule has 0 aliphatic carbocycles. The van der Waals surface area contributed by atoms with E-state index in [0.29, 0.717) is 0 Å². The van der Waals surface area contributed by atoms with E-state index in [9.17, 15) is 0 Å². The molecular weight excluding hydrogens is 258 g/mol. The molecular formula is C14H21N3OS. The Morgan fingerprint density at radius 1 is 1.47 bits per heavy atom. The second-order valence-corrected chi connectivity index (χ2v) is 5.35. The molecule has 0 spiro atoms. The molecule has 0 radical (unpaired) electrons. The number of hydrogen-bond donors (Lipinski definition) is 1. The monoisotopic (exact) mass is 279 g/mol. The lowest BCUT2D eigenvalue weighted by Gasteiger charge is -2.15. The van der Waals surface area contributed by atoms with Crippen LogP contribution in [0.15, 0.2) is 23.8 Å². The highest BCUT2D eigenvalue weighted by molar-refractivity contribution is 7.10. The maximum absolute atomic E-state index is 5.27. The number of nitrogens with zero attached hydrogens (tertiary/aromatic N) is 2. The summed E-state index contributed by atoms with van der Waals surface area (Å²) in [7, 11) is 1.70. The van der Waals surface area contributed by atoms with Crippen molar-refractivity contribution in [3.8, 4) is 5.75 Å². The molecule has 0 saturated carbocycles. The summed E-state index contributed by atoms with van der Waals surface area (Å²) in [4.78, 5) is 1.26. The number of aryl methyl sites for hydroxylation is 1. The first kappa shape index (κ1) is 14.1. The Hall–Kier alpha value is -1.33. The van der Waals surface area contributed by atoms with Crippen molar-refractivity contribution in [2.75, 3.05) is 13.7 Å². The largest absolute Gasteiger partial charge is 0.496 e. The summed E-state index contributed by atoms with van der Waals surface area (Å²) in [5.41, 5.74) is 1.21. The Kier molecular flexibility index (Phi) is 4.99. The van der Waals surface area contributed by atoms with Crippen molar-refractivity contribution in [1.82, 2.24) is 15.1 Å². The van der Waals surface area contributed by atoms with Crippen LogP contribution in [0.25, 0.3) is 0 Å². The molecule has 2 rings (SSSR count). The highest BCUT2D eigenvalue weighted by Gasteiger charge is 2.17. The van der Waals surface area contributed by atoms with Gasteiger partial charge in [-0.1, -0.05) is 6.92 Å². The highest BCUT2D eigenvalue weighted by Crippen LogP contribution is 2.30. The van der Waals surface area contributed by atoms with Gasteiger partial charge >= 0.3 is 0 Å². The summed E-state index contributed by atoms with van der Waals surface area (Å²) >= 11 is 1.72. The summed E-state index contributed by atoms with van der Waals surface area (Å²) in [6.07, 6.45) is 5.17. The van der Waals surface area contributed by atoms with Crippen molar-refractivity contribution in [3.63, 3.8) is 0 Å². The maximum atomic E-state index is 5.27. The third-order valence-electron chi connectivity index (χ3n) is 3.02. The van der Waals surface area contributed by atoms with Crippen molar-refractivity contribution in [2.45, 2.75) is 32.9 Å². The standard InChI is InChI=1S/C14H21N3OS/c1-4-6-15-14(11-8-16-17(5-2)9-11)13-7-12(18-3)10-19-13/h7-10,14-15H,4-6H2,1-3H3. The topological polar surface area (TPSA) is 39.1 Å². The van der Waals surface area contributed by atoms with Crippen molar-refractivity contribution < 1.29 is 4.74 Å². The molecule has 2 aromatic heterocycles. The van der Waals surface area contributed by atoms with E-state index < -0.39 is 0 Å². The zero-order chi connectivity index (χ0) is 13.7. The molecule has 0 fully saturated rings. The molecule has 0 aromatic carbocycles. The molecule has 0 aliphatic heterocycles. The molecule has 0 amide bonds. The van der Waals surface area contributed by atoms with Crippen molar-refractivity contribution >= 4 is 11.3 Å². The predicted octanol–water partition coefficient (Wildman–Crippen LogP) is 3.06. The van der Waals surface area contributed by atoms with Crippen molar-refractivity contribution in [3.05, 3.63) is 34.3 Å². The van der Waals surface area contributed by atoms with Crippen LogP contribution in [-0.4, -0.2) is 23.4 Å². The van der Waals surface area contributed by atoms with Gasteiger partial charge in [-0.05, 0) is 26.0 Å². The Bertz CT molecular complexity index is 464.